The van der Waals surface area contributed by atoms with Crippen molar-refractivity contribution < 1.29 is 14.4 Å². The Morgan fingerprint density at radius 1 is 1.27 bits per heavy atom. The first-order chi connectivity index (χ1) is 10.4. The lowest BCUT2D eigenvalue weighted by molar-refractivity contribution is -0.136. The molecule has 0 spiro atoms. The second kappa shape index (κ2) is 5.28. The maximum Gasteiger partial charge on any atom is 0.256 e. The summed E-state index contributed by atoms with van der Waals surface area (Å²) in [5.41, 5.74) is 2.19. The summed E-state index contributed by atoms with van der Waals surface area (Å²) in [4.78, 5) is 39.4. The Balaban J connectivity index is 1.97. The van der Waals surface area contributed by atoms with Crippen molar-refractivity contribution in [2.24, 2.45) is 0 Å². The molecule has 1 aromatic rings. The number of rotatable bonds is 2. The zero-order chi connectivity index (χ0) is 16.0. The molecule has 1 unspecified atom stereocenters. The van der Waals surface area contributed by atoms with Crippen molar-refractivity contribution in [3.05, 3.63) is 28.3 Å². The molecule has 1 aromatic carbocycles. The van der Waals surface area contributed by atoms with Crippen molar-refractivity contribution in [3.8, 4) is 0 Å². The largest absolute Gasteiger partial charge is 0.377 e. The third kappa shape index (κ3) is 2.23. The van der Waals surface area contributed by atoms with Crippen LogP contribution in [0, 0.1) is 0 Å². The van der Waals surface area contributed by atoms with Gasteiger partial charge in [-0.15, -0.1) is 0 Å². The van der Waals surface area contributed by atoms with Gasteiger partial charge in [0.25, 0.3) is 5.91 Å². The predicted molar refractivity (Wildman–Crippen MR) is 81.8 cm³/mol. The van der Waals surface area contributed by atoms with Crippen LogP contribution in [0.2, 0.25) is 5.02 Å². The second-order valence-electron chi connectivity index (χ2n) is 5.71. The van der Waals surface area contributed by atoms with Gasteiger partial charge in [0, 0.05) is 38.3 Å². The number of nitrogens with one attached hydrogen (secondary N) is 1. The van der Waals surface area contributed by atoms with Crippen molar-refractivity contribution in [2.75, 3.05) is 19.0 Å². The summed E-state index contributed by atoms with van der Waals surface area (Å²) >= 11 is 6.18. The van der Waals surface area contributed by atoms with Crippen molar-refractivity contribution in [2.45, 2.75) is 25.4 Å². The number of amides is 3. The van der Waals surface area contributed by atoms with Crippen LogP contribution in [0.4, 0.5) is 5.69 Å². The highest BCUT2D eigenvalue weighted by Crippen LogP contribution is 2.37. The Morgan fingerprint density at radius 2 is 2.00 bits per heavy atom. The number of carbonyl (C=O) groups excluding carboxylic acids is 3. The molecule has 1 saturated heterocycles. The topological polar surface area (TPSA) is 69.7 Å². The van der Waals surface area contributed by atoms with Crippen LogP contribution in [0.1, 0.15) is 28.8 Å². The van der Waals surface area contributed by atoms with Crippen molar-refractivity contribution >= 4 is 35.0 Å². The Morgan fingerprint density at radius 3 is 2.64 bits per heavy atom. The van der Waals surface area contributed by atoms with Crippen LogP contribution in [0.3, 0.4) is 0 Å². The molecule has 6 nitrogen and oxygen atoms in total. The first kappa shape index (κ1) is 14.8. The fraction of sp³-hybridized carbons (Fsp3) is 0.400. The molecule has 116 valence electrons. The van der Waals surface area contributed by atoms with Crippen molar-refractivity contribution in [1.29, 1.82) is 0 Å². The molecular weight excluding hydrogens is 306 g/mol. The summed E-state index contributed by atoms with van der Waals surface area (Å²) in [6, 6.07) is 2.94. The predicted octanol–water partition coefficient (Wildman–Crippen LogP) is 1.17. The molecule has 2 aliphatic rings. The van der Waals surface area contributed by atoms with Crippen molar-refractivity contribution in [1.82, 2.24) is 10.2 Å². The summed E-state index contributed by atoms with van der Waals surface area (Å²) in [6.07, 6.45) is 0.587. The number of hydrogen-bond donors (Lipinski definition) is 1. The minimum atomic E-state index is -0.622. The molecule has 22 heavy (non-hydrogen) atoms. The van der Waals surface area contributed by atoms with Crippen molar-refractivity contribution in [3.63, 3.8) is 0 Å². The average Bonchev–Trinajstić information content (AvgIpc) is 2.77. The highest BCUT2D eigenvalue weighted by molar-refractivity contribution is 6.34. The third-order valence-corrected chi connectivity index (χ3v) is 4.42. The normalized spacial score (nSPS) is 21.0. The standard InChI is InChI=1S/C15H16ClN3O3/c1-18(2)10-4-3-9(16)13-8(10)7-19(15(13)22)11-5-6-12(20)17-14(11)21/h3-4,11H,5-7H2,1-2H3,(H,17,20,21). The van der Waals surface area contributed by atoms with E-state index in [0.717, 1.165) is 11.3 Å². The number of imide groups is 1. The highest BCUT2D eigenvalue weighted by Gasteiger charge is 2.41. The fourth-order valence-corrected chi connectivity index (χ4v) is 3.29. The molecule has 0 saturated carbocycles. The molecule has 1 fully saturated rings. The van der Waals surface area contributed by atoms with Gasteiger partial charge >= 0.3 is 0 Å². The molecule has 0 bridgehead atoms. The molecule has 0 aliphatic carbocycles. The average molecular weight is 322 g/mol. The summed E-state index contributed by atoms with van der Waals surface area (Å²) in [7, 11) is 3.78. The lowest BCUT2D eigenvalue weighted by atomic mass is 10.0. The Labute approximate surface area is 133 Å². The smallest absolute Gasteiger partial charge is 0.256 e. The number of anilines is 1. The van der Waals surface area contributed by atoms with E-state index in [2.05, 4.69) is 5.32 Å². The number of hydrogen-bond acceptors (Lipinski definition) is 4. The summed E-state index contributed by atoms with van der Waals surface area (Å²) < 4.78 is 0. The first-order valence-corrected chi connectivity index (χ1v) is 7.41. The SMILES string of the molecule is CN(C)c1ccc(Cl)c2c1CN(C1CCC(=O)NC1=O)C2=O. The van der Waals surface area contributed by atoms with E-state index in [1.165, 1.54) is 4.90 Å². The van der Waals surface area contributed by atoms with E-state index < -0.39 is 11.9 Å². The van der Waals surface area contributed by atoms with Gasteiger partial charge in [-0.2, -0.15) is 0 Å². The first-order valence-electron chi connectivity index (χ1n) is 7.03. The summed E-state index contributed by atoms with van der Waals surface area (Å²) in [5.74, 6) is -0.962. The molecule has 0 radical (unpaired) electrons. The number of benzene rings is 1. The monoisotopic (exact) mass is 321 g/mol. The van der Waals surface area contributed by atoms with Crippen LogP contribution in [0.5, 0.6) is 0 Å². The minimum absolute atomic E-state index is 0.241. The molecule has 1 N–H and O–H groups in total. The zero-order valence-corrected chi connectivity index (χ0v) is 13.1. The van der Waals surface area contributed by atoms with Crippen LogP contribution < -0.4 is 10.2 Å². The van der Waals surface area contributed by atoms with E-state index in [4.69, 9.17) is 11.6 Å². The molecule has 3 amide bonds. The van der Waals surface area contributed by atoms with Gasteiger partial charge in [0.2, 0.25) is 11.8 Å². The minimum Gasteiger partial charge on any atom is -0.377 e. The number of carbonyl (C=O) groups is 3. The molecule has 2 heterocycles. The molecule has 7 heteroatoms. The molecule has 0 aromatic heterocycles. The maximum absolute atomic E-state index is 12.7. The number of nitrogens with zero attached hydrogens (tertiary/aromatic N) is 2. The maximum atomic E-state index is 12.7. The van der Waals surface area contributed by atoms with Gasteiger partial charge in [0.15, 0.2) is 0 Å². The fourth-order valence-electron chi connectivity index (χ4n) is 3.04. The van der Waals surface area contributed by atoms with Gasteiger partial charge in [0.1, 0.15) is 6.04 Å². The zero-order valence-electron chi connectivity index (χ0n) is 12.4. The van der Waals surface area contributed by atoms with Gasteiger partial charge in [-0.05, 0) is 18.6 Å². The van der Waals surface area contributed by atoms with Gasteiger partial charge in [-0.25, -0.2) is 0 Å². The van der Waals surface area contributed by atoms with Crippen LogP contribution in [-0.2, 0) is 16.1 Å². The lowest BCUT2D eigenvalue weighted by Crippen LogP contribution is -2.52. The Kier molecular flexibility index (Phi) is 3.56. The number of halogens is 1. The van der Waals surface area contributed by atoms with Crippen LogP contribution in [-0.4, -0.2) is 42.8 Å². The second-order valence-corrected chi connectivity index (χ2v) is 6.12. The summed E-state index contributed by atoms with van der Waals surface area (Å²) in [5, 5.41) is 2.68. The van der Waals surface area contributed by atoms with Crippen LogP contribution in [0.15, 0.2) is 12.1 Å². The quantitative estimate of drug-likeness (QED) is 0.830. The van der Waals surface area contributed by atoms with Crippen LogP contribution >= 0.6 is 11.6 Å². The number of fused-ring (bicyclic) bond motifs is 1. The molecular formula is C15H16ClN3O3. The molecule has 1 atom stereocenters. The third-order valence-electron chi connectivity index (χ3n) is 4.11. The summed E-state index contributed by atoms with van der Waals surface area (Å²) in [6.45, 7) is 0.328. The Hall–Kier alpha value is -2.08. The van der Waals surface area contributed by atoms with Gasteiger partial charge in [0.05, 0.1) is 10.6 Å². The lowest BCUT2D eigenvalue weighted by Gasteiger charge is -2.29. The van der Waals surface area contributed by atoms with E-state index in [0.29, 0.717) is 23.6 Å². The van der Waals surface area contributed by atoms with E-state index in [1.807, 2.05) is 25.1 Å². The van der Waals surface area contributed by atoms with E-state index in [1.54, 1.807) is 6.07 Å². The van der Waals surface area contributed by atoms with E-state index in [9.17, 15) is 14.4 Å². The van der Waals surface area contributed by atoms with Gasteiger partial charge in [-0.1, -0.05) is 11.6 Å². The molecule has 2 aliphatic heterocycles. The van der Waals surface area contributed by atoms with E-state index in [-0.39, 0.29) is 18.2 Å². The molecule has 3 rings (SSSR count). The number of piperidine rings is 1. The van der Waals surface area contributed by atoms with Crippen LogP contribution in [0.25, 0.3) is 0 Å². The van der Waals surface area contributed by atoms with E-state index >= 15 is 0 Å². The Bertz CT molecular complexity index is 687. The van der Waals surface area contributed by atoms with Gasteiger partial charge < -0.3 is 9.80 Å². The van der Waals surface area contributed by atoms with Gasteiger partial charge in [-0.3, -0.25) is 19.7 Å². The highest BCUT2D eigenvalue weighted by atomic mass is 35.5.